The number of esters is 3. The van der Waals surface area contributed by atoms with Crippen LogP contribution in [0.25, 0.3) is 0 Å². The summed E-state index contributed by atoms with van der Waals surface area (Å²) in [5.41, 5.74) is 0. The Morgan fingerprint density at radius 3 is 0.722 bits per heavy atom. The highest BCUT2D eigenvalue weighted by Gasteiger charge is 2.19. The minimum atomic E-state index is -0.779. The first-order valence-corrected chi connectivity index (χ1v) is 35.1. The molecule has 0 aliphatic heterocycles. The number of carbonyl (C=O) groups excluding carboxylic acids is 3. The van der Waals surface area contributed by atoms with E-state index < -0.39 is 6.10 Å². The van der Waals surface area contributed by atoms with E-state index in [2.05, 4.69) is 69.4 Å². The van der Waals surface area contributed by atoms with Gasteiger partial charge in [0.1, 0.15) is 13.2 Å². The van der Waals surface area contributed by atoms with Crippen LogP contribution in [0.3, 0.4) is 0 Å². The molecule has 0 spiro atoms. The zero-order valence-corrected chi connectivity index (χ0v) is 53.2. The number of unbranched alkanes of at least 4 members (excludes halogenated alkanes) is 46. The standard InChI is InChI=1S/C73H134O6/c1-4-7-10-13-16-19-22-25-27-28-29-30-31-32-33-34-35-36-37-38-39-40-41-42-43-44-46-48-51-54-57-60-63-66-72(75)78-69-70(68-77-71(74)65-62-59-56-53-50-47-24-21-18-15-12-9-6-3)79-73(76)67-64-61-58-55-52-49-45-26-23-20-17-14-11-8-5-2/h21-22,24-26,28-29,45,70H,4-20,23,27,30-44,46-69H2,1-3H3/b24-21-,25-22-,29-28-,45-26-. The van der Waals surface area contributed by atoms with Crippen LogP contribution in [0.15, 0.2) is 48.6 Å². The Hall–Kier alpha value is -2.63. The van der Waals surface area contributed by atoms with E-state index >= 15 is 0 Å². The van der Waals surface area contributed by atoms with Crippen LogP contribution in [0.1, 0.15) is 380 Å². The average molecular weight is 1110 g/mol. The van der Waals surface area contributed by atoms with Crippen molar-refractivity contribution >= 4 is 17.9 Å². The zero-order chi connectivity index (χ0) is 57.1. The summed E-state index contributed by atoms with van der Waals surface area (Å²) in [5, 5.41) is 0. The molecule has 0 heterocycles. The van der Waals surface area contributed by atoms with Crippen molar-refractivity contribution in [2.24, 2.45) is 0 Å². The molecule has 0 aromatic heterocycles. The van der Waals surface area contributed by atoms with Crippen LogP contribution in [0.2, 0.25) is 0 Å². The normalized spacial score (nSPS) is 12.3. The van der Waals surface area contributed by atoms with Crippen molar-refractivity contribution in [2.75, 3.05) is 13.2 Å². The number of hydrogen-bond acceptors (Lipinski definition) is 6. The summed E-state index contributed by atoms with van der Waals surface area (Å²) in [6, 6.07) is 0. The van der Waals surface area contributed by atoms with Gasteiger partial charge in [-0.2, -0.15) is 0 Å². The van der Waals surface area contributed by atoms with E-state index in [9.17, 15) is 14.4 Å². The molecule has 0 saturated heterocycles. The minimum Gasteiger partial charge on any atom is -0.462 e. The van der Waals surface area contributed by atoms with E-state index in [1.165, 1.54) is 263 Å². The van der Waals surface area contributed by atoms with E-state index in [-0.39, 0.29) is 31.1 Å². The first kappa shape index (κ1) is 76.4. The largest absolute Gasteiger partial charge is 0.462 e. The van der Waals surface area contributed by atoms with Gasteiger partial charge in [-0.1, -0.05) is 307 Å². The number of carbonyl (C=O) groups is 3. The Labute approximate surface area is 492 Å². The van der Waals surface area contributed by atoms with Crippen LogP contribution in [0.4, 0.5) is 0 Å². The third kappa shape index (κ3) is 66.1. The third-order valence-electron chi connectivity index (χ3n) is 15.8. The van der Waals surface area contributed by atoms with Crippen molar-refractivity contribution in [3.8, 4) is 0 Å². The van der Waals surface area contributed by atoms with Gasteiger partial charge in [-0.15, -0.1) is 0 Å². The molecule has 0 N–H and O–H groups in total. The van der Waals surface area contributed by atoms with Gasteiger partial charge in [-0.05, 0) is 103 Å². The zero-order valence-electron chi connectivity index (χ0n) is 53.2. The van der Waals surface area contributed by atoms with E-state index in [4.69, 9.17) is 14.2 Å². The summed E-state index contributed by atoms with van der Waals surface area (Å²) in [6.45, 7) is 6.65. The van der Waals surface area contributed by atoms with Gasteiger partial charge in [0.25, 0.3) is 0 Å². The maximum atomic E-state index is 12.9. The van der Waals surface area contributed by atoms with Crippen LogP contribution in [0.5, 0.6) is 0 Å². The van der Waals surface area contributed by atoms with Gasteiger partial charge in [0.05, 0.1) is 0 Å². The smallest absolute Gasteiger partial charge is 0.306 e. The lowest BCUT2D eigenvalue weighted by atomic mass is 10.0. The summed E-state index contributed by atoms with van der Waals surface area (Å²) in [4.78, 5) is 38.3. The molecule has 79 heavy (non-hydrogen) atoms. The highest BCUT2D eigenvalue weighted by Crippen LogP contribution is 2.18. The molecule has 6 heteroatoms. The molecular weight excluding hydrogens is 973 g/mol. The van der Waals surface area contributed by atoms with Crippen molar-refractivity contribution in [3.05, 3.63) is 48.6 Å². The van der Waals surface area contributed by atoms with Gasteiger partial charge in [0, 0.05) is 19.3 Å². The molecule has 0 amide bonds. The lowest BCUT2D eigenvalue weighted by Crippen LogP contribution is -2.30. The van der Waals surface area contributed by atoms with Crippen molar-refractivity contribution in [3.63, 3.8) is 0 Å². The molecular formula is C73H134O6. The molecule has 0 fully saturated rings. The fourth-order valence-electron chi connectivity index (χ4n) is 10.5. The number of rotatable bonds is 65. The number of allylic oxidation sites excluding steroid dienone is 8. The first-order valence-electron chi connectivity index (χ1n) is 35.1. The topological polar surface area (TPSA) is 78.9 Å². The fraction of sp³-hybridized carbons (Fsp3) is 0.849. The quantitative estimate of drug-likeness (QED) is 0.0261. The SMILES string of the molecule is CCCCCC/C=C\CCCCCCCC(=O)OCC(COC(=O)CCCCCCCCCCCCCCCCCCCCCCC/C=C\C/C=C\CCCCCCC)OC(=O)CCCCCCC/C=C\CCCCCCCC. The van der Waals surface area contributed by atoms with Gasteiger partial charge >= 0.3 is 17.9 Å². The van der Waals surface area contributed by atoms with Gasteiger partial charge in [0.15, 0.2) is 6.10 Å². The predicted octanol–water partition coefficient (Wildman–Crippen LogP) is 24.1. The lowest BCUT2D eigenvalue weighted by Gasteiger charge is -2.18. The third-order valence-corrected chi connectivity index (χ3v) is 15.8. The second-order valence-corrected chi connectivity index (χ2v) is 23.8. The van der Waals surface area contributed by atoms with E-state index in [1.807, 2.05) is 0 Å². The molecule has 0 aliphatic rings. The Morgan fingerprint density at radius 2 is 0.456 bits per heavy atom. The monoisotopic (exact) mass is 1110 g/mol. The van der Waals surface area contributed by atoms with Gasteiger partial charge in [-0.3, -0.25) is 14.4 Å². The molecule has 0 rings (SSSR count). The predicted molar refractivity (Wildman–Crippen MR) is 344 cm³/mol. The second kappa shape index (κ2) is 67.9. The molecule has 0 aliphatic carbocycles. The fourth-order valence-corrected chi connectivity index (χ4v) is 10.5. The van der Waals surface area contributed by atoms with Crippen LogP contribution in [-0.2, 0) is 28.6 Å². The summed E-state index contributed by atoms with van der Waals surface area (Å²) in [7, 11) is 0. The molecule has 1 atom stereocenters. The van der Waals surface area contributed by atoms with Gasteiger partial charge < -0.3 is 14.2 Å². The molecule has 0 saturated carbocycles. The highest BCUT2D eigenvalue weighted by atomic mass is 16.6. The number of hydrogen-bond donors (Lipinski definition) is 0. The highest BCUT2D eigenvalue weighted by molar-refractivity contribution is 5.71. The van der Waals surface area contributed by atoms with Gasteiger partial charge in [-0.25, -0.2) is 0 Å². The minimum absolute atomic E-state index is 0.0748. The molecule has 1 unspecified atom stereocenters. The summed E-state index contributed by atoms with van der Waals surface area (Å²) in [5.74, 6) is -0.870. The molecule has 6 nitrogen and oxygen atoms in total. The summed E-state index contributed by atoms with van der Waals surface area (Å²) < 4.78 is 16.9. The molecule has 0 radical (unpaired) electrons. The van der Waals surface area contributed by atoms with Crippen LogP contribution in [-0.4, -0.2) is 37.2 Å². The van der Waals surface area contributed by atoms with E-state index in [1.54, 1.807) is 0 Å². The maximum Gasteiger partial charge on any atom is 0.306 e. The van der Waals surface area contributed by atoms with E-state index in [0.717, 1.165) is 77.0 Å². The second-order valence-electron chi connectivity index (χ2n) is 23.8. The van der Waals surface area contributed by atoms with Crippen LogP contribution >= 0.6 is 0 Å². The van der Waals surface area contributed by atoms with Crippen molar-refractivity contribution in [1.29, 1.82) is 0 Å². The number of ether oxygens (including phenoxy) is 3. The van der Waals surface area contributed by atoms with Crippen molar-refractivity contribution < 1.29 is 28.6 Å². The Kier molecular flexibility index (Phi) is 65.6. The van der Waals surface area contributed by atoms with Crippen molar-refractivity contribution in [2.45, 2.75) is 386 Å². The Bertz CT molecular complexity index is 1360. The van der Waals surface area contributed by atoms with Crippen molar-refractivity contribution in [1.82, 2.24) is 0 Å². The van der Waals surface area contributed by atoms with Crippen LogP contribution in [0, 0.1) is 0 Å². The molecule has 462 valence electrons. The summed E-state index contributed by atoms with van der Waals surface area (Å²) in [6.07, 6.45) is 85.8. The molecule has 0 aromatic carbocycles. The van der Waals surface area contributed by atoms with Crippen LogP contribution < -0.4 is 0 Å². The van der Waals surface area contributed by atoms with E-state index in [0.29, 0.717) is 19.3 Å². The molecule has 0 aromatic rings. The Morgan fingerprint density at radius 1 is 0.253 bits per heavy atom. The first-order chi connectivity index (χ1) is 39.0. The molecule has 0 bridgehead atoms. The van der Waals surface area contributed by atoms with Gasteiger partial charge in [0.2, 0.25) is 0 Å². The maximum absolute atomic E-state index is 12.9. The average Bonchev–Trinajstić information content (AvgIpc) is 3.45. The lowest BCUT2D eigenvalue weighted by molar-refractivity contribution is -0.167. The Balaban J connectivity index is 4.10. The summed E-state index contributed by atoms with van der Waals surface area (Å²) >= 11 is 0.